The van der Waals surface area contributed by atoms with Crippen LogP contribution in [0.3, 0.4) is 0 Å². The Morgan fingerprint density at radius 1 is 1.17 bits per heavy atom. The van der Waals surface area contributed by atoms with Crippen LogP contribution in [0.15, 0.2) is 6.07 Å². The van der Waals surface area contributed by atoms with Crippen LogP contribution >= 0.6 is 11.6 Å². The summed E-state index contributed by atoms with van der Waals surface area (Å²) in [6, 6.07) is 2.82. The van der Waals surface area contributed by atoms with Gasteiger partial charge in [-0.25, -0.2) is 9.67 Å². The molecular weight excluding hydrogens is 342 g/mol. The zero-order valence-corrected chi connectivity index (χ0v) is 16.7. The Bertz CT molecular complexity index is 739. The molecule has 0 saturated carbocycles. The molecule has 0 aliphatic carbocycles. The largest absolute Gasteiger partial charge is 0.397 e. The van der Waals surface area contributed by atoms with E-state index in [4.69, 9.17) is 27.8 Å². The van der Waals surface area contributed by atoms with Gasteiger partial charge in [-0.15, -0.1) is 0 Å². The predicted octanol–water partition coefficient (Wildman–Crippen LogP) is 3.69. The maximum Gasteiger partial charge on any atom is 0.140 e. The van der Waals surface area contributed by atoms with Crippen LogP contribution in [0.4, 0.5) is 11.4 Å². The number of nitrogens with zero attached hydrogens (tertiary/aromatic N) is 3. The van der Waals surface area contributed by atoms with Crippen LogP contribution in [0.2, 0.25) is 30.8 Å². The van der Waals surface area contributed by atoms with E-state index in [1.807, 2.05) is 13.8 Å². The van der Waals surface area contributed by atoms with Crippen molar-refractivity contribution in [3.05, 3.63) is 22.6 Å². The number of hydrogen-bond acceptors (Lipinski definition) is 5. The van der Waals surface area contributed by atoms with Crippen molar-refractivity contribution in [2.75, 3.05) is 18.1 Å². The second-order valence-corrected chi connectivity index (χ2v) is 13.2. The molecule has 2 aromatic heterocycles. The van der Waals surface area contributed by atoms with E-state index in [1.54, 1.807) is 10.7 Å². The Morgan fingerprint density at radius 3 is 2.46 bits per heavy atom. The fourth-order valence-electron chi connectivity index (χ4n) is 2.34. The second kappa shape index (κ2) is 7.12. The van der Waals surface area contributed by atoms with E-state index in [1.165, 1.54) is 0 Å². The van der Waals surface area contributed by atoms with Gasteiger partial charge in [0.1, 0.15) is 11.9 Å². The van der Waals surface area contributed by atoms with Gasteiger partial charge in [0.05, 0.1) is 28.5 Å². The molecule has 8 heteroatoms. The van der Waals surface area contributed by atoms with Crippen LogP contribution in [0, 0.1) is 13.8 Å². The molecule has 6 nitrogen and oxygen atoms in total. The van der Waals surface area contributed by atoms with Crippen LogP contribution in [0.5, 0.6) is 0 Å². The standard InChI is InChI=1S/C16H26ClN5OSi/c1-10-14(18)12(8-13(17)20-10)16-15(19)11(2)21-22(16)9-23-6-7-24(3,4)5/h8H,6-7,9,18-19H2,1-5H3. The molecular formula is C16H26ClN5OSi. The first-order valence-corrected chi connectivity index (χ1v) is 12.0. The van der Waals surface area contributed by atoms with Gasteiger partial charge in [-0.3, -0.25) is 0 Å². The van der Waals surface area contributed by atoms with E-state index < -0.39 is 8.07 Å². The Balaban J connectivity index is 2.31. The first kappa shape index (κ1) is 18.8. The van der Waals surface area contributed by atoms with E-state index in [0.717, 1.165) is 23.0 Å². The lowest BCUT2D eigenvalue weighted by atomic mass is 10.1. The van der Waals surface area contributed by atoms with Gasteiger partial charge in [-0.2, -0.15) is 5.10 Å². The minimum Gasteiger partial charge on any atom is -0.397 e. The van der Waals surface area contributed by atoms with Gasteiger partial charge in [-0.1, -0.05) is 31.2 Å². The van der Waals surface area contributed by atoms with Crippen LogP contribution in [0.1, 0.15) is 11.4 Å². The average Bonchev–Trinajstić information content (AvgIpc) is 2.73. The molecule has 0 atom stereocenters. The number of halogens is 1. The van der Waals surface area contributed by atoms with E-state index in [0.29, 0.717) is 35.6 Å². The van der Waals surface area contributed by atoms with Crippen molar-refractivity contribution in [1.82, 2.24) is 14.8 Å². The molecule has 0 radical (unpaired) electrons. The number of rotatable bonds is 6. The lowest BCUT2D eigenvalue weighted by Gasteiger charge is -2.16. The number of pyridine rings is 1. The number of nitrogens with two attached hydrogens (primary N) is 2. The molecule has 2 rings (SSSR count). The summed E-state index contributed by atoms with van der Waals surface area (Å²) < 4.78 is 7.56. The van der Waals surface area contributed by atoms with Crippen molar-refractivity contribution in [3.63, 3.8) is 0 Å². The fourth-order valence-corrected chi connectivity index (χ4v) is 3.34. The summed E-state index contributed by atoms with van der Waals surface area (Å²) in [6.45, 7) is 11.7. The minimum absolute atomic E-state index is 0.330. The van der Waals surface area contributed by atoms with Gasteiger partial charge in [0.15, 0.2) is 0 Å². The monoisotopic (exact) mass is 367 g/mol. The van der Waals surface area contributed by atoms with E-state index in [9.17, 15) is 0 Å². The molecule has 0 bridgehead atoms. The van der Waals surface area contributed by atoms with Crippen LogP contribution in [-0.4, -0.2) is 29.4 Å². The summed E-state index contributed by atoms with van der Waals surface area (Å²) in [6.07, 6.45) is 0. The maximum absolute atomic E-state index is 6.23. The van der Waals surface area contributed by atoms with Crippen molar-refractivity contribution in [2.24, 2.45) is 0 Å². The zero-order valence-electron chi connectivity index (χ0n) is 15.0. The summed E-state index contributed by atoms with van der Waals surface area (Å²) in [5, 5.41) is 4.86. The fraction of sp³-hybridized carbons (Fsp3) is 0.500. The molecule has 2 aromatic rings. The third-order valence-corrected chi connectivity index (χ3v) is 5.75. The minimum atomic E-state index is -1.13. The summed E-state index contributed by atoms with van der Waals surface area (Å²) in [5.41, 5.74) is 16.4. The summed E-state index contributed by atoms with van der Waals surface area (Å²) in [5.74, 6) is 0. The van der Waals surface area contributed by atoms with Gasteiger partial charge in [0.2, 0.25) is 0 Å². The SMILES string of the molecule is Cc1nc(Cl)cc(-c2c(N)c(C)nn2COCC[Si](C)(C)C)c1N. The van der Waals surface area contributed by atoms with Gasteiger partial charge in [0.25, 0.3) is 0 Å². The molecule has 0 spiro atoms. The van der Waals surface area contributed by atoms with Crippen molar-refractivity contribution in [3.8, 4) is 11.3 Å². The smallest absolute Gasteiger partial charge is 0.140 e. The molecule has 0 aromatic carbocycles. The third kappa shape index (κ3) is 4.28. The maximum atomic E-state index is 6.23. The van der Waals surface area contributed by atoms with E-state index in [-0.39, 0.29) is 0 Å². The summed E-state index contributed by atoms with van der Waals surface area (Å²) in [4.78, 5) is 4.17. The van der Waals surface area contributed by atoms with Gasteiger partial charge < -0.3 is 16.2 Å². The number of nitrogen functional groups attached to an aromatic ring is 2. The Labute approximate surface area is 149 Å². The number of anilines is 2. The number of ether oxygens (including phenoxy) is 1. The Hall–Kier alpha value is -1.57. The molecule has 0 unspecified atom stereocenters. The molecule has 4 N–H and O–H groups in total. The highest BCUT2D eigenvalue weighted by atomic mass is 35.5. The normalized spacial score (nSPS) is 11.9. The van der Waals surface area contributed by atoms with Crippen LogP contribution in [0.25, 0.3) is 11.3 Å². The molecule has 0 aliphatic heterocycles. The van der Waals surface area contributed by atoms with Gasteiger partial charge in [-0.05, 0) is 26.0 Å². The molecule has 0 fully saturated rings. The molecule has 0 aliphatic rings. The molecule has 0 saturated heterocycles. The van der Waals surface area contributed by atoms with Crippen molar-refractivity contribution in [2.45, 2.75) is 46.3 Å². The average molecular weight is 368 g/mol. The molecule has 132 valence electrons. The van der Waals surface area contributed by atoms with E-state index in [2.05, 4.69) is 29.7 Å². The van der Waals surface area contributed by atoms with Crippen LogP contribution < -0.4 is 11.5 Å². The lowest BCUT2D eigenvalue weighted by Crippen LogP contribution is -2.22. The van der Waals surface area contributed by atoms with Crippen molar-refractivity contribution in [1.29, 1.82) is 0 Å². The molecule has 24 heavy (non-hydrogen) atoms. The number of aryl methyl sites for hydroxylation is 2. The molecule has 0 amide bonds. The highest BCUT2D eigenvalue weighted by Crippen LogP contribution is 2.35. The van der Waals surface area contributed by atoms with Crippen molar-refractivity contribution < 1.29 is 4.74 Å². The predicted molar refractivity (Wildman–Crippen MR) is 103 cm³/mol. The van der Waals surface area contributed by atoms with Gasteiger partial charge in [0, 0.05) is 20.2 Å². The number of hydrogen-bond donors (Lipinski definition) is 2. The highest BCUT2D eigenvalue weighted by molar-refractivity contribution is 6.76. The van der Waals surface area contributed by atoms with E-state index >= 15 is 0 Å². The Morgan fingerprint density at radius 2 is 1.83 bits per heavy atom. The second-order valence-electron chi connectivity index (χ2n) is 7.19. The van der Waals surface area contributed by atoms with Gasteiger partial charge >= 0.3 is 0 Å². The number of aromatic nitrogens is 3. The van der Waals surface area contributed by atoms with Crippen molar-refractivity contribution >= 4 is 31.0 Å². The van der Waals surface area contributed by atoms with Crippen LogP contribution in [-0.2, 0) is 11.5 Å². The molecule has 2 heterocycles. The highest BCUT2D eigenvalue weighted by Gasteiger charge is 2.19. The first-order valence-electron chi connectivity index (χ1n) is 7.94. The zero-order chi connectivity index (χ0) is 18.1. The topological polar surface area (TPSA) is 92.0 Å². The quantitative estimate of drug-likeness (QED) is 0.461. The first-order chi connectivity index (χ1) is 11.1. The lowest BCUT2D eigenvalue weighted by molar-refractivity contribution is 0.0796. The summed E-state index contributed by atoms with van der Waals surface area (Å²) in [7, 11) is -1.13. The summed E-state index contributed by atoms with van der Waals surface area (Å²) >= 11 is 6.10. The third-order valence-electron chi connectivity index (χ3n) is 3.86. The Kier molecular flexibility index (Phi) is 5.57.